The molecule has 0 radical (unpaired) electrons. The average molecular weight is 431 g/mol. The van der Waals surface area contributed by atoms with E-state index in [4.69, 9.17) is 4.74 Å². The highest BCUT2D eigenvalue weighted by Crippen LogP contribution is 2.21. The first-order valence-corrected chi connectivity index (χ1v) is 11.2. The SMILES string of the molecule is Cc1ccc(-c2ccc(N3CCN(C(=O)COc4ccc(C(C)C)cc4)CC3)nn2)cc1. The van der Waals surface area contributed by atoms with Gasteiger partial charge in [-0.05, 0) is 42.7 Å². The molecule has 1 aliphatic rings. The second-order valence-corrected chi connectivity index (χ2v) is 8.52. The van der Waals surface area contributed by atoms with Crippen molar-refractivity contribution in [1.29, 1.82) is 0 Å². The highest BCUT2D eigenvalue weighted by molar-refractivity contribution is 5.78. The van der Waals surface area contributed by atoms with Crippen LogP contribution in [0.3, 0.4) is 0 Å². The lowest BCUT2D eigenvalue weighted by Gasteiger charge is -2.35. The number of rotatable bonds is 6. The normalized spacial score (nSPS) is 14.0. The lowest BCUT2D eigenvalue weighted by atomic mass is 10.0. The predicted molar refractivity (Wildman–Crippen MR) is 127 cm³/mol. The van der Waals surface area contributed by atoms with E-state index in [9.17, 15) is 4.79 Å². The summed E-state index contributed by atoms with van der Waals surface area (Å²) in [6.07, 6.45) is 0. The standard InChI is InChI=1S/C26H30N4O2/c1-19(2)21-8-10-23(11-9-21)32-18-26(31)30-16-14-29(15-17-30)25-13-12-24(27-28-25)22-6-4-20(3)5-7-22/h4-13,19H,14-18H2,1-3H3. The molecule has 0 unspecified atom stereocenters. The number of piperazine rings is 1. The Morgan fingerprint density at radius 2 is 1.59 bits per heavy atom. The first-order chi connectivity index (χ1) is 15.5. The number of aryl methyl sites for hydroxylation is 1. The van der Waals surface area contributed by atoms with Gasteiger partial charge in [0.1, 0.15) is 5.75 Å². The monoisotopic (exact) mass is 430 g/mol. The molecule has 0 aliphatic carbocycles. The van der Waals surface area contributed by atoms with Gasteiger partial charge in [-0.1, -0.05) is 55.8 Å². The van der Waals surface area contributed by atoms with Crippen LogP contribution < -0.4 is 9.64 Å². The minimum atomic E-state index is 0.0124. The van der Waals surface area contributed by atoms with Gasteiger partial charge in [0.25, 0.3) is 5.91 Å². The molecule has 1 aliphatic heterocycles. The fourth-order valence-electron chi connectivity index (χ4n) is 3.74. The summed E-state index contributed by atoms with van der Waals surface area (Å²) in [5, 5.41) is 8.81. The van der Waals surface area contributed by atoms with E-state index in [0.717, 1.165) is 35.9 Å². The average Bonchev–Trinajstić information content (AvgIpc) is 2.83. The van der Waals surface area contributed by atoms with Crippen LogP contribution in [0.4, 0.5) is 5.82 Å². The quantitative estimate of drug-likeness (QED) is 0.583. The molecule has 0 saturated carbocycles. The summed E-state index contributed by atoms with van der Waals surface area (Å²) in [7, 11) is 0. The molecule has 0 atom stereocenters. The molecular formula is C26H30N4O2. The highest BCUT2D eigenvalue weighted by Gasteiger charge is 2.22. The number of hydrogen-bond donors (Lipinski definition) is 0. The van der Waals surface area contributed by atoms with Crippen LogP contribution >= 0.6 is 0 Å². The largest absolute Gasteiger partial charge is 0.484 e. The predicted octanol–water partition coefficient (Wildman–Crippen LogP) is 4.30. The summed E-state index contributed by atoms with van der Waals surface area (Å²) in [5.74, 6) is 2.06. The number of nitrogens with zero attached hydrogens (tertiary/aromatic N) is 4. The van der Waals surface area contributed by atoms with Crippen molar-refractivity contribution in [3.63, 3.8) is 0 Å². The zero-order valence-corrected chi connectivity index (χ0v) is 19.0. The van der Waals surface area contributed by atoms with E-state index in [0.29, 0.717) is 19.0 Å². The van der Waals surface area contributed by atoms with Gasteiger partial charge in [0.2, 0.25) is 0 Å². The van der Waals surface area contributed by atoms with Crippen molar-refractivity contribution >= 4 is 11.7 Å². The summed E-state index contributed by atoms with van der Waals surface area (Å²) >= 11 is 0. The van der Waals surface area contributed by atoms with E-state index >= 15 is 0 Å². The summed E-state index contributed by atoms with van der Waals surface area (Å²) in [4.78, 5) is 16.6. The van der Waals surface area contributed by atoms with Crippen molar-refractivity contribution in [3.05, 3.63) is 71.8 Å². The third-order valence-electron chi connectivity index (χ3n) is 5.86. The molecule has 2 heterocycles. The van der Waals surface area contributed by atoms with Crippen LogP contribution in [0.1, 0.15) is 30.9 Å². The summed E-state index contributed by atoms with van der Waals surface area (Å²) in [6, 6.07) is 20.2. The molecule has 0 spiro atoms. The second-order valence-electron chi connectivity index (χ2n) is 8.52. The van der Waals surface area contributed by atoms with Gasteiger partial charge in [-0.15, -0.1) is 10.2 Å². The number of anilines is 1. The molecular weight excluding hydrogens is 400 g/mol. The zero-order chi connectivity index (χ0) is 22.5. The molecule has 0 N–H and O–H groups in total. The number of aromatic nitrogens is 2. The van der Waals surface area contributed by atoms with Crippen LogP contribution in [0.25, 0.3) is 11.3 Å². The van der Waals surface area contributed by atoms with E-state index in [1.807, 2.05) is 41.3 Å². The Hall–Kier alpha value is -3.41. The van der Waals surface area contributed by atoms with Crippen molar-refractivity contribution in [1.82, 2.24) is 15.1 Å². The lowest BCUT2D eigenvalue weighted by molar-refractivity contribution is -0.133. The fraction of sp³-hybridized carbons (Fsp3) is 0.346. The molecule has 166 valence electrons. The lowest BCUT2D eigenvalue weighted by Crippen LogP contribution is -2.50. The first-order valence-electron chi connectivity index (χ1n) is 11.2. The molecule has 1 fully saturated rings. The fourth-order valence-corrected chi connectivity index (χ4v) is 3.74. The van der Waals surface area contributed by atoms with Crippen LogP contribution in [-0.4, -0.2) is 53.8 Å². The number of amides is 1. The Morgan fingerprint density at radius 1 is 0.906 bits per heavy atom. The van der Waals surface area contributed by atoms with Gasteiger partial charge in [0.15, 0.2) is 12.4 Å². The minimum absolute atomic E-state index is 0.0124. The molecule has 1 aromatic heterocycles. The van der Waals surface area contributed by atoms with Crippen LogP contribution in [0, 0.1) is 6.92 Å². The van der Waals surface area contributed by atoms with Crippen molar-refractivity contribution < 1.29 is 9.53 Å². The Bertz CT molecular complexity index is 1020. The van der Waals surface area contributed by atoms with Gasteiger partial charge in [-0.25, -0.2) is 0 Å². The van der Waals surface area contributed by atoms with E-state index in [-0.39, 0.29) is 12.5 Å². The Kier molecular flexibility index (Phi) is 6.69. The molecule has 3 aromatic rings. The number of benzene rings is 2. The minimum Gasteiger partial charge on any atom is -0.484 e. The van der Waals surface area contributed by atoms with E-state index in [1.165, 1.54) is 11.1 Å². The van der Waals surface area contributed by atoms with Gasteiger partial charge < -0.3 is 14.5 Å². The molecule has 2 aromatic carbocycles. The Morgan fingerprint density at radius 3 is 2.19 bits per heavy atom. The van der Waals surface area contributed by atoms with Crippen LogP contribution in [0.15, 0.2) is 60.7 Å². The summed E-state index contributed by atoms with van der Waals surface area (Å²) in [5.41, 5.74) is 4.40. The van der Waals surface area contributed by atoms with Crippen molar-refractivity contribution in [3.8, 4) is 17.0 Å². The number of carbonyl (C=O) groups is 1. The Balaban J connectivity index is 1.27. The van der Waals surface area contributed by atoms with E-state index in [2.05, 4.69) is 60.1 Å². The van der Waals surface area contributed by atoms with Crippen LogP contribution in [-0.2, 0) is 4.79 Å². The van der Waals surface area contributed by atoms with Gasteiger partial charge in [-0.2, -0.15) is 0 Å². The third kappa shape index (κ3) is 5.25. The molecule has 6 heteroatoms. The van der Waals surface area contributed by atoms with E-state index < -0.39 is 0 Å². The molecule has 0 bridgehead atoms. The molecule has 4 rings (SSSR count). The zero-order valence-electron chi connectivity index (χ0n) is 19.0. The summed E-state index contributed by atoms with van der Waals surface area (Å²) in [6.45, 7) is 9.20. The molecule has 32 heavy (non-hydrogen) atoms. The topological polar surface area (TPSA) is 58.6 Å². The van der Waals surface area contributed by atoms with E-state index in [1.54, 1.807) is 0 Å². The summed E-state index contributed by atoms with van der Waals surface area (Å²) < 4.78 is 5.70. The van der Waals surface area contributed by atoms with Crippen molar-refractivity contribution in [2.45, 2.75) is 26.7 Å². The number of hydrogen-bond acceptors (Lipinski definition) is 5. The second kappa shape index (κ2) is 9.81. The molecule has 1 amide bonds. The smallest absolute Gasteiger partial charge is 0.260 e. The Labute approximate surface area is 189 Å². The van der Waals surface area contributed by atoms with Crippen LogP contribution in [0.2, 0.25) is 0 Å². The molecule has 1 saturated heterocycles. The maximum absolute atomic E-state index is 12.6. The van der Waals surface area contributed by atoms with Gasteiger partial charge in [0, 0.05) is 31.7 Å². The van der Waals surface area contributed by atoms with Gasteiger partial charge in [-0.3, -0.25) is 4.79 Å². The third-order valence-corrected chi connectivity index (χ3v) is 5.86. The van der Waals surface area contributed by atoms with Gasteiger partial charge in [0.05, 0.1) is 5.69 Å². The first kappa shape index (κ1) is 21.8. The maximum atomic E-state index is 12.6. The van der Waals surface area contributed by atoms with Crippen molar-refractivity contribution in [2.75, 3.05) is 37.7 Å². The maximum Gasteiger partial charge on any atom is 0.260 e. The van der Waals surface area contributed by atoms with Gasteiger partial charge >= 0.3 is 0 Å². The molecule has 6 nitrogen and oxygen atoms in total. The van der Waals surface area contributed by atoms with Crippen molar-refractivity contribution in [2.24, 2.45) is 0 Å². The number of ether oxygens (including phenoxy) is 1. The van der Waals surface area contributed by atoms with Crippen LogP contribution in [0.5, 0.6) is 5.75 Å². The highest BCUT2D eigenvalue weighted by atomic mass is 16.5. The number of carbonyl (C=O) groups excluding carboxylic acids is 1.